The van der Waals surface area contributed by atoms with E-state index in [0.29, 0.717) is 12.0 Å². The summed E-state index contributed by atoms with van der Waals surface area (Å²) in [5.74, 6) is 0.578. The van der Waals surface area contributed by atoms with Crippen molar-refractivity contribution in [3.05, 3.63) is 44.6 Å². The predicted octanol–water partition coefficient (Wildman–Crippen LogP) is 3.19. The lowest BCUT2D eigenvalue weighted by molar-refractivity contribution is 0.462. The second-order valence-corrected chi connectivity index (χ2v) is 9.39. The zero-order chi connectivity index (χ0) is 19.8. The Bertz CT molecular complexity index is 1050. The zero-order valence-electron chi connectivity index (χ0n) is 17.2. The Morgan fingerprint density at radius 1 is 1.39 bits per heavy atom. The van der Waals surface area contributed by atoms with E-state index in [1.165, 1.54) is 21.7 Å². The molecule has 7 heteroatoms. The maximum atomic E-state index is 13.0. The maximum absolute atomic E-state index is 13.0. The summed E-state index contributed by atoms with van der Waals surface area (Å²) >= 11 is 1.70. The second kappa shape index (κ2) is 7.79. The minimum absolute atomic E-state index is 0.139. The van der Waals surface area contributed by atoms with Crippen LogP contribution in [-0.4, -0.2) is 25.4 Å². The molecule has 0 aromatic carbocycles. The quantitative estimate of drug-likeness (QED) is 0.691. The van der Waals surface area contributed by atoms with Crippen LogP contribution in [0, 0.1) is 12.8 Å². The number of hydrogen-bond acceptors (Lipinski definition) is 5. The van der Waals surface area contributed by atoms with Crippen molar-refractivity contribution < 1.29 is 0 Å². The fourth-order valence-electron chi connectivity index (χ4n) is 3.90. The van der Waals surface area contributed by atoms with Crippen LogP contribution in [-0.2, 0) is 33.0 Å². The summed E-state index contributed by atoms with van der Waals surface area (Å²) in [6.45, 7) is 8.06. The topological polar surface area (TPSA) is 64.7 Å². The first-order valence-electron chi connectivity index (χ1n) is 10.1. The van der Waals surface area contributed by atoms with Crippen LogP contribution in [0.5, 0.6) is 0 Å². The molecule has 0 radical (unpaired) electrons. The largest absolute Gasteiger partial charge is 0.309 e. The van der Waals surface area contributed by atoms with Crippen molar-refractivity contribution in [3.63, 3.8) is 0 Å². The average molecular weight is 400 g/mol. The molecule has 0 spiro atoms. The van der Waals surface area contributed by atoms with Gasteiger partial charge in [0.15, 0.2) is 0 Å². The highest BCUT2D eigenvalue weighted by molar-refractivity contribution is 7.18. The number of aromatic nitrogens is 4. The van der Waals surface area contributed by atoms with E-state index in [2.05, 4.69) is 36.2 Å². The zero-order valence-corrected chi connectivity index (χ0v) is 18.0. The Kier molecular flexibility index (Phi) is 5.38. The number of aryl methyl sites for hydroxylation is 3. The van der Waals surface area contributed by atoms with Crippen LogP contribution >= 0.6 is 11.3 Å². The third-order valence-corrected chi connectivity index (χ3v) is 7.06. The fourth-order valence-corrected chi connectivity index (χ4v) is 5.16. The van der Waals surface area contributed by atoms with Crippen LogP contribution in [0.1, 0.15) is 48.4 Å². The number of nitrogens with one attached hydrogen (secondary N) is 1. The molecule has 6 nitrogen and oxygen atoms in total. The molecule has 3 heterocycles. The Balaban J connectivity index is 1.52. The summed E-state index contributed by atoms with van der Waals surface area (Å²) in [5, 5.41) is 8.88. The van der Waals surface area contributed by atoms with Gasteiger partial charge in [-0.3, -0.25) is 14.0 Å². The highest BCUT2D eigenvalue weighted by Gasteiger charge is 2.25. The van der Waals surface area contributed by atoms with Gasteiger partial charge in [0.25, 0.3) is 5.56 Å². The number of thiophene rings is 1. The third kappa shape index (κ3) is 3.65. The molecule has 0 unspecified atom stereocenters. The van der Waals surface area contributed by atoms with E-state index < -0.39 is 0 Å². The molecule has 0 fully saturated rings. The van der Waals surface area contributed by atoms with Gasteiger partial charge in [0.05, 0.1) is 17.9 Å². The molecule has 1 aliphatic rings. The molecule has 4 rings (SSSR count). The molecule has 0 aliphatic heterocycles. The fraction of sp³-hybridized carbons (Fsp3) is 0.571. The van der Waals surface area contributed by atoms with Gasteiger partial charge in [0, 0.05) is 42.3 Å². The molecule has 150 valence electrons. The van der Waals surface area contributed by atoms with Gasteiger partial charge >= 0.3 is 0 Å². The first-order chi connectivity index (χ1) is 13.4. The first-order valence-corrected chi connectivity index (χ1v) is 11.0. The first kappa shape index (κ1) is 19.3. The van der Waals surface area contributed by atoms with Crippen molar-refractivity contribution in [2.24, 2.45) is 13.0 Å². The average Bonchev–Trinajstić information content (AvgIpc) is 3.19. The van der Waals surface area contributed by atoms with Crippen LogP contribution in [0.3, 0.4) is 0 Å². The number of rotatable bonds is 6. The lowest BCUT2D eigenvalue weighted by Gasteiger charge is -2.23. The Hall–Kier alpha value is -1.99. The smallest absolute Gasteiger partial charge is 0.262 e. The van der Waals surface area contributed by atoms with Crippen molar-refractivity contribution in [2.75, 3.05) is 0 Å². The summed E-state index contributed by atoms with van der Waals surface area (Å²) in [5.41, 5.74) is 3.84. The van der Waals surface area contributed by atoms with Gasteiger partial charge in [0.2, 0.25) is 0 Å². The molecule has 28 heavy (non-hydrogen) atoms. The van der Waals surface area contributed by atoms with Crippen molar-refractivity contribution in [3.8, 4) is 0 Å². The van der Waals surface area contributed by atoms with E-state index in [1.54, 1.807) is 22.2 Å². The van der Waals surface area contributed by atoms with Gasteiger partial charge < -0.3 is 5.32 Å². The Labute approximate surface area is 169 Å². The molecule has 1 atom stereocenters. The van der Waals surface area contributed by atoms with E-state index in [9.17, 15) is 4.79 Å². The molecule has 3 aromatic rings. The van der Waals surface area contributed by atoms with Gasteiger partial charge in [-0.2, -0.15) is 5.10 Å². The van der Waals surface area contributed by atoms with Crippen molar-refractivity contribution in [2.45, 2.75) is 65.6 Å². The minimum atomic E-state index is 0.139. The van der Waals surface area contributed by atoms with E-state index in [4.69, 9.17) is 0 Å². The number of fused-ring (bicyclic) bond motifs is 3. The molecule has 1 N–H and O–H groups in total. The van der Waals surface area contributed by atoms with Crippen molar-refractivity contribution >= 4 is 21.6 Å². The third-order valence-electron chi connectivity index (χ3n) is 5.90. The van der Waals surface area contributed by atoms with E-state index in [-0.39, 0.29) is 5.56 Å². The molecule has 0 saturated carbocycles. The normalized spacial score (nSPS) is 16.8. The lowest BCUT2D eigenvalue weighted by atomic mass is 9.93. The molecule has 3 aromatic heterocycles. The highest BCUT2D eigenvalue weighted by Crippen LogP contribution is 2.33. The van der Waals surface area contributed by atoms with E-state index >= 15 is 0 Å². The van der Waals surface area contributed by atoms with Gasteiger partial charge in [-0.05, 0) is 44.1 Å². The van der Waals surface area contributed by atoms with Crippen LogP contribution in [0.4, 0.5) is 0 Å². The molecular formula is C21H29N5OS. The van der Waals surface area contributed by atoms with Crippen LogP contribution in [0.25, 0.3) is 10.2 Å². The molecular weight excluding hydrogens is 370 g/mol. The van der Waals surface area contributed by atoms with Crippen LogP contribution < -0.4 is 10.9 Å². The second-order valence-electron chi connectivity index (χ2n) is 8.31. The minimum Gasteiger partial charge on any atom is -0.309 e. The van der Waals surface area contributed by atoms with Gasteiger partial charge in [-0.1, -0.05) is 13.8 Å². The summed E-state index contributed by atoms with van der Waals surface area (Å²) < 4.78 is 3.71. The van der Waals surface area contributed by atoms with Gasteiger partial charge in [-0.15, -0.1) is 11.3 Å². The van der Waals surface area contributed by atoms with Crippen molar-refractivity contribution in [1.82, 2.24) is 24.6 Å². The number of nitrogens with zero attached hydrogens (tertiary/aromatic N) is 4. The summed E-state index contributed by atoms with van der Waals surface area (Å²) in [7, 11) is 1.98. The highest BCUT2D eigenvalue weighted by atomic mass is 32.1. The van der Waals surface area contributed by atoms with Crippen LogP contribution in [0.2, 0.25) is 0 Å². The van der Waals surface area contributed by atoms with Crippen LogP contribution in [0.15, 0.2) is 17.3 Å². The van der Waals surface area contributed by atoms with Gasteiger partial charge in [-0.25, -0.2) is 4.98 Å². The Morgan fingerprint density at radius 3 is 2.93 bits per heavy atom. The maximum Gasteiger partial charge on any atom is 0.262 e. The summed E-state index contributed by atoms with van der Waals surface area (Å²) in [6.07, 6.45) is 7.65. The number of hydrogen-bond donors (Lipinski definition) is 1. The predicted molar refractivity (Wildman–Crippen MR) is 114 cm³/mol. The summed E-state index contributed by atoms with van der Waals surface area (Å²) in [4.78, 5) is 19.8. The monoisotopic (exact) mass is 399 g/mol. The molecule has 0 saturated heterocycles. The molecule has 0 bridgehead atoms. The van der Waals surface area contributed by atoms with E-state index in [1.807, 2.05) is 17.9 Å². The molecule has 0 amide bonds. The van der Waals surface area contributed by atoms with Crippen molar-refractivity contribution in [1.29, 1.82) is 0 Å². The standard InChI is InChI=1S/C21H29N5OS/c1-13(2)7-8-26-12-23-20-19(21(26)27)17-6-5-16(9-18(17)28-20)22-10-15-11-24-25(4)14(15)3/h11-13,16,22H,5-10H2,1-4H3/t16-/m0/s1. The summed E-state index contributed by atoms with van der Waals surface area (Å²) in [6, 6.07) is 0.434. The van der Waals surface area contributed by atoms with E-state index in [0.717, 1.165) is 49.0 Å². The SMILES string of the molecule is Cc1c(CN[C@H]2CCc3c(sc4ncn(CCC(C)C)c(=O)c34)C2)cnn1C. The van der Waals surface area contributed by atoms with Gasteiger partial charge in [0.1, 0.15) is 4.83 Å². The lowest BCUT2D eigenvalue weighted by Crippen LogP contribution is -2.34. The Morgan fingerprint density at radius 2 is 2.21 bits per heavy atom. The molecule has 1 aliphatic carbocycles.